The number of hydrogen-bond donors (Lipinski definition) is 0. The van der Waals surface area contributed by atoms with Crippen molar-refractivity contribution in [3.05, 3.63) is 66.0 Å². The number of hydrogen-bond acceptors (Lipinski definition) is 4. The van der Waals surface area contributed by atoms with Crippen LogP contribution in [0.25, 0.3) is 10.8 Å². The average Bonchev–Trinajstić information content (AvgIpc) is 3.22. The second-order valence-corrected chi connectivity index (χ2v) is 8.30. The molecule has 0 amide bonds. The summed E-state index contributed by atoms with van der Waals surface area (Å²) in [5.74, 6) is 1.53. The van der Waals surface area contributed by atoms with Crippen LogP contribution in [-0.4, -0.2) is 56.4 Å². The number of benzene rings is 2. The Bertz CT molecular complexity index is 1060. The van der Waals surface area contributed by atoms with E-state index in [0.717, 1.165) is 50.8 Å². The molecule has 1 fully saturated rings. The number of piperazine rings is 1. The third-order valence-corrected chi connectivity index (χ3v) is 6.21. The molecule has 3 aromatic rings. The summed E-state index contributed by atoms with van der Waals surface area (Å²) in [5.41, 5.74) is 3.97. The highest BCUT2D eigenvalue weighted by atomic mass is 16.5. The lowest BCUT2D eigenvalue weighted by Crippen LogP contribution is -2.46. The zero-order valence-electron chi connectivity index (χ0n) is 19.1. The number of fused-ring (bicyclic) bond motifs is 1. The van der Waals surface area contributed by atoms with Crippen LogP contribution in [0.15, 0.2) is 60.4 Å². The van der Waals surface area contributed by atoms with Crippen LogP contribution in [0.3, 0.4) is 0 Å². The molecule has 1 aromatic heterocycles. The normalized spacial score (nSPS) is 15.5. The van der Waals surface area contributed by atoms with Crippen molar-refractivity contribution in [1.82, 2.24) is 9.47 Å². The predicted molar refractivity (Wildman–Crippen MR) is 129 cm³/mol. The Morgan fingerprint density at radius 1 is 0.968 bits per heavy atom. The molecule has 0 spiro atoms. The van der Waals surface area contributed by atoms with Gasteiger partial charge in [0.1, 0.15) is 0 Å². The fraction of sp³-hybridized carbons (Fsp3) is 0.385. The Labute approximate surface area is 185 Å². The van der Waals surface area contributed by atoms with Crippen molar-refractivity contribution in [2.24, 2.45) is 0 Å². The van der Waals surface area contributed by atoms with E-state index >= 15 is 0 Å². The Morgan fingerprint density at radius 2 is 1.74 bits per heavy atom. The molecule has 1 aliphatic heterocycles. The molecule has 31 heavy (non-hydrogen) atoms. The second-order valence-electron chi connectivity index (χ2n) is 8.30. The number of aromatic nitrogens is 1. The molecule has 0 N–H and O–H groups in total. The number of nitrogens with zero attached hydrogens (tertiary/aromatic N) is 3. The van der Waals surface area contributed by atoms with Gasteiger partial charge in [-0.25, -0.2) is 0 Å². The van der Waals surface area contributed by atoms with E-state index in [1.54, 1.807) is 14.2 Å². The average molecular weight is 420 g/mol. The van der Waals surface area contributed by atoms with Gasteiger partial charge in [-0.05, 0) is 37.6 Å². The van der Waals surface area contributed by atoms with E-state index in [-0.39, 0.29) is 0 Å². The second kappa shape index (κ2) is 9.48. The minimum Gasteiger partial charge on any atom is -0.493 e. The number of methoxy groups -OCH3 is 2. The van der Waals surface area contributed by atoms with E-state index in [9.17, 15) is 0 Å². The van der Waals surface area contributed by atoms with E-state index in [4.69, 9.17) is 9.47 Å². The van der Waals surface area contributed by atoms with Crippen LogP contribution in [0.5, 0.6) is 11.5 Å². The molecule has 0 unspecified atom stereocenters. The summed E-state index contributed by atoms with van der Waals surface area (Å²) in [7, 11) is 3.34. The summed E-state index contributed by atoms with van der Waals surface area (Å²) in [6.45, 7) is 10.6. The van der Waals surface area contributed by atoms with Gasteiger partial charge in [-0.1, -0.05) is 29.8 Å². The fourth-order valence-corrected chi connectivity index (χ4v) is 4.35. The molecular weight excluding hydrogens is 386 g/mol. The molecule has 0 bridgehead atoms. The van der Waals surface area contributed by atoms with Gasteiger partial charge >= 0.3 is 0 Å². The minimum absolute atomic E-state index is 0.759. The summed E-state index contributed by atoms with van der Waals surface area (Å²) in [6.07, 6.45) is 6.73. The quantitative estimate of drug-likeness (QED) is 0.515. The zero-order chi connectivity index (χ0) is 21.8. The van der Waals surface area contributed by atoms with Gasteiger partial charge < -0.3 is 18.9 Å². The molecule has 0 aliphatic carbocycles. The van der Waals surface area contributed by atoms with Gasteiger partial charge in [0.15, 0.2) is 11.5 Å². The van der Waals surface area contributed by atoms with Crippen molar-refractivity contribution >= 4 is 16.5 Å². The molecule has 5 heteroatoms. The van der Waals surface area contributed by atoms with Crippen molar-refractivity contribution in [2.45, 2.75) is 20.4 Å². The molecule has 2 heterocycles. The SMILES string of the molecule is C/C=C(\C)CN1CCN(c2cccc3cn(Cc4ccc(OC)c(OC)c4)cc23)CC1. The Balaban J connectivity index is 1.51. The minimum atomic E-state index is 0.759. The van der Waals surface area contributed by atoms with E-state index in [2.05, 4.69) is 77.0 Å². The van der Waals surface area contributed by atoms with Gasteiger partial charge in [0, 0.05) is 68.1 Å². The molecular formula is C26H33N3O2. The topological polar surface area (TPSA) is 29.9 Å². The van der Waals surface area contributed by atoms with Crippen LogP contribution in [0.4, 0.5) is 5.69 Å². The fourth-order valence-electron chi connectivity index (χ4n) is 4.35. The van der Waals surface area contributed by atoms with Gasteiger partial charge in [-0.15, -0.1) is 0 Å². The van der Waals surface area contributed by atoms with E-state index in [0.29, 0.717) is 0 Å². The smallest absolute Gasteiger partial charge is 0.161 e. The maximum absolute atomic E-state index is 5.46. The highest BCUT2D eigenvalue weighted by Crippen LogP contribution is 2.31. The van der Waals surface area contributed by atoms with Crippen LogP contribution in [-0.2, 0) is 6.54 Å². The van der Waals surface area contributed by atoms with Crippen LogP contribution in [0, 0.1) is 0 Å². The van der Waals surface area contributed by atoms with Gasteiger partial charge in [0.2, 0.25) is 0 Å². The largest absolute Gasteiger partial charge is 0.493 e. The molecule has 2 aromatic carbocycles. The third-order valence-electron chi connectivity index (χ3n) is 6.21. The van der Waals surface area contributed by atoms with Crippen molar-refractivity contribution in [2.75, 3.05) is 51.8 Å². The van der Waals surface area contributed by atoms with E-state index in [1.165, 1.54) is 27.6 Å². The summed E-state index contributed by atoms with van der Waals surface area (Å²) < 4.78 is 13.1. The molecule has 5 nitrogen and oxygen atoms in total. The maximum atomic E-state index is 5.46. The molecule has 1 aliphatic rings. The van der Waals surface area contributed by atoms with Crippen LogP contribution >= 0.6 is 0 Å². The standard InChI is InChI=1S/C26H33N3O2/c1-5-20(2)16-27-11-13-29(14-12-27)24-8-6-7-22-18-28(19-23(22)24)17-21-9-10-25(30-3)26(15-21)31-4/h5-10,15,18-19H,11-14,16-17H2,1-4H3/b20-5+. The first kappa shape index (κ1) is 21.3. The van der Waals surface area contributed by atoms with Gasteiger partial charge in [0.25, 0.3) is 0 Å². The Morgan fingerprint density at radius 3 is 2.45 bits per heavy atom. The highest BCUT2D eigenvalue weighted by molar-refractivity contribution is 5.94. The van der Waals surface area contributed by atoms with E-state index < -0.39 is 0 Å². The van der Waals surface area contributed by atoms with Crippen molar-refractivity contribution in [1.29, 1.82) is 0 Å². The zero-order valence-corrected chi connectivity index (χ0v) is 19.1. The third kappa shape index (κ3) is 4.72. The molecule has 0 atom stereocenters. The van der Waals surface area contributed by atoms with Gasteiger partial charge in [0.05, 0.1) is 14.2 Å². The molecule has 164 valence electrons. The first-order valence-corrected chi connectivity index (χ1v) is 11.0. The summed E-state index contributed by atoms with van der Waals surface area (Å²) in [5, 5.41) is 2.60. The molecule has 0 radical (unpaired) electrons. The Kier molecular flexibility index (Phi) is 6.52. The summed E-state index contributed by atoms with van der Waals surface area (Å²) in [6, 6.07) is 12.8. The van der Waals surface area contributed by atoms with Crippen molar-refractivity contribution in [3.8, 4) is 11.5 Å². The monoisotopic (exact) mass is 419 g/mol. The first-order chi connectivity index (χ1) is 15.1. The molecule has 0 saturated carbocycles. The van der Waals surface area contributed by atoms with Crippen molar-refractivity contribution in [3.63, 3.8) is 0 Å². The molecule has 4 rings (SSSR count). The predicted octanol–water partition coefficient (Wildman–Crippen LogP) is 4.80. The lowest BCUT2D eigenvalue weighted by molar-refractivity contribution is 0.278. The van der Waals surface area contributed by atoms with Crippen LogP contribution in [0.2, 0.25) is 0 Å². The lowest BCUT2D eigenvalue weighted by Gasteiger charge is -2.36. The summed E-state index contributed by atoms with van der Waals surface area (Å²) in [4.78, 5) is 5.08. The van der Waals surface area contributed by atoms with Crippen LogP contribution in [0.1, 0.15) is 19.4 Å². The number of anilines is 1. The summed E-state index contributed by atoms with van der Waals surface area (Å²) >= 11 is 0. The van der Waals surface area contributed by atoms with E-state index in [1.807, 2.05) is 6.07 Å². The highest BCUT2D eigenvalue weighted by Gasteiger charge is 2.19. The number of allylic oxidation sites excluding steroid dienone is 1. The number of rotatable bonds is 7. The van der Waals surface area contributed by atoms with Gasteiger partial charge in [-0.3, -0.25) is 4.90 Å². The first-order valence-electron chi connectivity index (χ1n) is 11.0. The van der Waals surface area contributed by atoms with Crippen LogP contribution < -0.4 is 14.4 Å². The van der Waals surface area contributed by atoms with Gasteiger partial charge in [-0.2, -0.15) is 0 Å². The molecule has 1 saturated heterocycles. The number of ether oxygens (including phenoxy) is 2. The Hall–Kier alpha value is -2.92. The maximum Gasteiger partial charge on any atom is 0.161 e. The van der Waals surface area contributed by atoms with Crippen molar-refractivity contribution < 1.29 is 9.47 Å². The lowest BCUT2D eigenvalue weighted by atomic mass is 10.1.